The molecule has 1 radical (unpaired) electrons. The zero-order chi connectivity index (χ0) is 10.7. The fraction of sp³-hybridized carbons (Fsp3) is 0.357. The summed E-state index contributed by atoms with van der Waals surface area (Å²) in [5.74, 6) is 0.256. The van der Waals surface area contributed by atoms with Crippen LogP contribution in [0.1, 0.15) is 5.56 Å². The number of hydrogen-bond donors (Lipinski definition) is 1. The van der Waals surface area contributed by atoms with Crippen molar-refractivity contribution >= 4 is 5.57 Å². The Morgan fingerprint density at radius 1 is 1.29 bits per heavy atom. The Labute approximate surface area is 130 Å². The third-order valence-corrected chi connectivity index (χ3v) is 2.92. The van der Waals surface area contributed by atoms with Crippen molar-refractivity contribution in [2.24, 2.45) is 5.92 Å². The van der Waals surface area contributed by atoms with Crippen LogP contribution in [0.25, 0.3) is 5.57 Å². The summed E-state index contributed by atoms with van der Waals surface area (Å²) in [6.45, 7) is 2.14. The Bertz CT molecular complexity index is 350. The van der Waals surface area contributed by atoms with Gasteiger partial charge in [-0.05, 0) is 18.2 Å². The second-order valence-electron chi connectivity index (χ2n) is 4.13. The van der Waals surface area contributed by atoms with Gasteiger partial charge in [-0.1, -0.05) is 36.4 Å². The first-order valence-corrected chi connectivity index (χ1v) is 5.36. The Kier molecular flexibility index (Phi) is 8.14. The normalized spacial score (nSPS) is 19.9. The Morgan fingerprint density at radius 2 is 1.94 bits per heavy atom. The van der Waals surface area contributed by atoms with Gasteiger partial charge in [0.2, 0.25) is 0 Å². The third kappa shape index (κ3) is 4.29. The minimum Gasteiger partial charge on any atom is -0.396 e. The molecule has 0 aliphatic carbocycles. The first-order valence-electron chi connectivity index (χ1n) is 5.36. The van der Waals surface area contributed by atoms with E-state index < -0.39 is 0 Å². The van der Waals surface area contributed by atoms with E-state index in [4.69, 9.17) is 0 Å². The summed E-state index contributed by atoms with van der Waals surface area (Å²) in [6.07, 6.45) is 2.22. The predicted octanol–water partition coefficient (Wildman–Crippen LogP) is 2.07. The molecule has 0 aromatic heterocycles. The number of aliphatic hydroxyl groups is 1. The van der Waals surface area contributed by atoms with Crippen LogP contribution >= 0.6 is 0 Å². The molecule has 1 heterocycles. The minimum absolute atomic E-state index is 0. The Balaban J connectivity index is 0.00000128. The largest absolute Gasteiger partial charge is 0.396 e. The standard InChI is InChI=1S/C13H17NO.CH3.Y/c1-14-8-7-13(12(9-14)10-15)11-5-3-2-4-6-11;;/h2-7,12,15H,8-10H2,1H3;1H3;/q;-1;. The molecule has 0 spiro atoms. The number of benzene rings is 1. The van der Waals surface area contributed by atoms with Gasteiger partial charge in [0.25, 0.3) is 0 Å². The molecule has 1 atom stereocenters. The van der Waals surface area contributed by atoms with Gasteiger partial charge >= 0.3 is 0 Å². The molecule has 17 heavy (non-hydrogen) atoms. The third-order valence-electron chi connectivity index (χ3n) is 2.92. The molecule has 0 bridgehead atoms. The average molecular weight is 307 g/mol. The molecular formula is C14H20NOY-. The van der Waals surface area contributed by atoms with Crippen LogP contribution in [0.2, 0.25) is 0 Å². The number of likely N-dealkylation sites (N-methyl/N-ethyl adjacent to an activating group) is 1. The van der Waals surface area contributed by atoms with Crippen LogP contribution < -0.4 is 0 Å². The number of nitrogens with zero attached hydrogens (tertiary/aromatic N) is 1. The van der Waals surface area contributed by atoms with E-state index in [9.17, 15) is 5.11 Å². The molecule has 1 aromatic rings. The van der Waals surface area contributed by atoms with E-state index in [1.807, 2.05) is 18.2 Å². The van der Waals surface area contributed by atoms with Crippen LogP contribution in [-0.4, -0.2) is 36.8 Å². The summed E-state index contributed by atoms with van der Waals surface area (Å²) in [4.78, 5) is 2.23. The molecule has 0 fully saturated rings. The summed E-state index contributed by atoms with van der Waals surface area (Å²) in [6, 6.07) is 10.3. The summed E-state index contributed by atoms with van der Waals surface area (Å²) >= 11 is 0. The summed E-state index contributed by atoms with van der Waals surface area (Å²) in [5.41, 5.74) is 2.53. The van der Waals surface area contributed by atoms with E-state index in [0.29, 0.717) is 0 Å². The van der Waals surface area contributed by atoms with Gasteiger partial charge in [0.05, 0.1) is 6.61 Å². The van der Waals surface area contributed by atoms with E-state index in [-0.39, 0.29) is 52.7 Å². The topological polar surface area (TPSA) is 23.5 Å². The average Bonchev–Trinajstić information content (AvgIpc) is 2.30. The van der Waals surface area contributed by atoms with Crippen molar-refractivity contribution in [3.63, 3.8) is 0 Å². The monoisotopic (exact) mass is 307 g/mol. The maximum Gasteiger partial charge on any atom is 0.0512 e. The smallest absolute Gasteiger partial charge is 0.0512 e. The van der Waals surface area contributed by atoms with E-state index in [1.54, 1.807) is 0 Å². The van der Waals surface area contributed by atoms with Crippen LogP contribution in [0, 0.1) is 13.3 Å². The maximum absolute atomic E-state index is 9.37. The van der Waals surface area contributed by atoms with Gasteiger partial charge in [-0.3, -0.25) is 0 Å². The van der Waals surface area contributed by atoms with Gasteiger partial charge in [-0.15, -0.1) is 0 Å². The van der Waals surface area contributed by atoms with Crippen LogP contribution in [0.5, 0.6) is 0 Å². The number of aliphatic hydroxyl groups excluding tert-OH is 1. The number of rotatable bonds is 2. The van der Waals surface area contributed by atoms with Gasteiger partial charge in [0, 0.05) is 51.7 Å². The molecule has 2 nitrogen and oxygen atoms in total. The second kappa shape index (κ2) is 8.15. The quantitative estimate of drug-likeness (QED) is 0.846. The first-order chi connectivity index (χ1) is 7.31. The zero-order valence-electron chi connectivity index (χ0n) is 10.6. The van der Waals surface area contributed by atoms with Gasteiger partial charge in [0.1, 0.15) is 0 Å². The van der Waals surface area contributed by atoms with Crippen molar-refractivity contribution in [3.05, 3.63) is 49.4 Å². The molecule has 0 saturated heterocycles. The maximum atomic E-state index is 9.37. The van der Waals surface area contributed by atoms with Crippen molar-refractivity contribution in [1.29, 1.82) is 0 Å². The molecule has 1 N–H and O–H groups in total. The summed E-state index contributed by atoms with van der Waals surface area (Å²) < 4.78 is 0. The summed E-state index contributed by atoms with van der Waals surface area (Å²) in [5, 5.41) is 9.37. The molecule has 3 heteroatoms. The fourth-order valence-corrected chi connectivity index (χ4v) is 2.11. The molecule has 0 amide bonds. The van der Waals surface area contributed by atoms with Crippen LogP contribution in [0.3, 0.4) is 0 Å². The van der Waals surface area contributed by atoms with Crippen LogP contribution in [0.15, 0.2) is 36.4 Å². The first kappa shape index (κ1) is 17.0. The zero-order valence-corrected chi connectivity index (χ0v) is 13.5. The van der Waals surface area contributed by atoms with E-state index >= 15 is 0 Å². The van der Waals surface area contributed by atoms with E-state index in [0.717, 1.165) is 13.1 Å². The minimum atomic E-state index is 0. The molecule has 1 aliphatic rings. The van der Waals surface area contributed by atoms with E-state index in [2.05, 4.69) is 30.2 Å². The number of hydrogen-bond acceptors (Lipinski definition) is 2. The summed E-state index contributed by atoms with van der Waals surface area (Å²) in [7, 11) is 2.08. The van der Waals surface area contributed by atoms with Crippen molar-refractivity contribution in [1.82, 2.24) is 4.90 Å². The molecule has 91 valence electrons. The second-order valence-corrected chi connectivity index (χ2v) is 4.13. The predicted molar refractivity (Wildman–Crippen MR) is 68.9 cm³/mol. The van der Waals surface area contributed by atoms with Crippen molar-refractivity contribution < 1.29 is 37.8 Å². The van der Waals surface area contributed by atoms with E-state index in [1.165, 1.54) is 11.1 Å². The van der Waals surface area contributed by atoms with Gasteiger partial charge in [-0.2, -0.15) is 0 Å². The van der Waals surface area contributed by atoms with Gasteiger partial charge in [-0.25, -0.2) is 0 Å². The SMILES string of the molecule is CN1CC=C(c2ccccc2)C(CO)C1.[CH3-].[Y]. The fourth-order valence-electron chi connectivity index (χ4n) is 2.11. The van der Waals surface area contributed by atoms with Crippen molar-refractivity contribution in [2.45, 2.75) is 0 Å². The van der Waals surface area contributed by atoms with Gasteiger partial charge < -0.3 is 17.4 Å². The van der Waals surface area contributed by atoms with Crippen LogP contribution in [0.4, 0.5) is 0 Å². The molecular weight excluding hydrogens is 287 g/mol. The molecule has 0 saturated carbocycles. The Morgan fingerprint density at radius 3 is 2.53 bits per heavy atom. The molecule has 1 aromatic carbocycles. The molecule has 1 aliphatic heterocycles. The van der Waals surface area contributed by atoms with Crippen LogP contribution in [-0.2, 0) is 32.7 Å². The molecule has 2 rings (SSSR count). The van der Waals surface area contributed by atoms with Crippen molar-refractivity contribution in [2.75, 3.05) is 26.7 Å². The Hall–Kier alpha value is -0.0161. The molecule has 1 unspecified atom stereocenters. The van der Waals surface area contributed by atoms with Gasteiger partial charge in [0.15, 0.2) is 0 Å². The van der Waals surface area contributed by atoms with Crippen molar-refractivity contribution in [3.8, 4) is 0 Å².